The molecule has 1 heterocycles. The van der Waals surface area contributed by atoms with E-state index in [-0.39, 0.29) is 12.1 Å². The van der Waals surface area contributed by atoms with Crippen LogP contribution in [0.2, 0.25) is 0 Å². The lowest BCUT2D eigenvalue weighted by atomic mass is 10.0. The number of rotatable bonds is 5. The van der Waals surface area contributed by atoms with Crippen LogP contribution in [0.1, 0.15) is 25.3 Å². The van der Waals surface area contributed by atoms with Crippen LogP contribution in [0.5, 0.6) is 0 Å². The van der Waals surface area contributed by atoms with Crippen molar-refractivity contribution in [1.82, 2.24) is 10.2 Å². The third-order valence-electron chi connectivity index (χ3n) is 3.61. The predicted molar refractivity (Wildman–Crippen MR) is 74.4 cm³/mol. The van der Waals surface area contributed by atoms with Crippen LogP contribution in [0.3, 0.4) is 0 Å². The topological polar surface area (TPSA) is 35.5 Å². The van der Waals surface area contributed by atoms with Gasteiger partial charge in [-0.15, -0.1) is 0 Å². The fourth-order valence-electron chi connectivity index (χ4n) is 2.57. The van der Waals surface area contributed by atoms with Gasteiger partial charge in [-0.2, -0.15) is 0 Å². The van der Waals surface area contributed by atoms with E-state index in [1.165, 1.54) is 12.0 Å². The van der Waals surface area contributed by atoms with Crippen LogP contribution in [-0.2, 0) is 6.54 Å². The van der Waals surface area contributed by atoms with Gasteiger partial charge in [0, 0.05) is 25.7 Å². The van der Waals surface area contributed by atoms with Crippen molar-refractivity contribution in [3.63, 3.8) is 0 Å². The van der Waals surface area contributed by atoms with Gasteiger partial charge in [-0.05, 0) is 24.9 Å². The largest absolute Gasteiger partial charge is 0.391 e. The lowest BCUT2D eigenvalue weighted by Gasteiger charge is -2.36. The Morgan fingerprint density at radius 3 is 2.83 bits per heavy atom. The average molecular weight is 248 g/mol. The molecule has 2 N–H and O–H groups in total. The summed E-state index contributed by atoms with van der Waals surface area (Å²) in [4.78, 5) is 2.44. The molecule has 1 saturated heterocycles. The molecule has 1 aliphatic rings. The number of aliphatic hydroxyl groups is 1. The summed E-state index contributed by atoms with van der Waals surface area (Å²) in [6.07, 6.45) is 1.86. The summed E-state index contributed by atoms with van der Waals surface area (Å²) in [6, 6.07) is 10.6. The molecule has 1 aromatic carbocycles. The Hall–Kier alpha value is -0.900. The molecule has 3 nitrogen and oxygen atoms in total. The van der Waals surface area contributed by atoms with E-state index in [2.05, 4.69) is 41.4 Å². The summed E-state index contributed by atoms with van der Waals surface area (Å²) in [5.41, 5.74) is 1.28. The lowest BCUT2D eigenvalue weighted by molar-refractivity contribution is 0.0469. The highest BCUT2D eigenvalue weighted by Gasteiger charge is 2.26. The number of benzene rings is 1. The van der Waals surface area contributed by atoms with Crippen molar-refractivity contribution in [2.45, 2.75) is 38.5 Å². The minimum absolute atomic E-state index is 0.200. The highest BCUT2D eigenvalue weighted by atomic mass is 16.3. The quantitative estimate of drug-likeness (QED) is 0.831. The van der Waals surface area contributed by atoms with E-state index in [4.69, 9.17) is 0 Å². The van der Waals surface area contributed by atoms with Crippen molar-refractivity contribution >= 4 is 0 Å². The first kappa shape index (κ1) is 13.5. The summed E-state index contributed by atoms with van der Waals surface area (Å²) in [5, 5.41) is 13.5. The van der Waals surface area contributed by atoms with Gasteiger partial charge in [-0.25, -0.2) is 0 Å². The molecule has 2 atom stereocenters. The summed E-state index contributed by atoms with van der Waals surface area (Å²) in [6.45, 7) is 6.16. The monoisotopic (exact) mass is 248 g/mol. The van der Waals surface area contributed by atoms with Crippen LogP contribution in [-0.4, -0.2) is 41.8 Å². The highest BCUT2D eigenvalue weighted by Crippen LogP contribution is 2.12. The van der Waals surface area contributed by atoms with E-state index in [1.54, 1.807) is 0 Å². The first-order chi connectivity index (χ1) is 8.79. The molecule has 0 saturated carbocycles. The van der Waals surface area contributed by atoms with E-state index >= 15 is 0 Å². The Morgan fingerprint density at radius 2 is 2.11 bits per heavy atom. The standard InChI is InChI=1S/C15H24N2O/c1-2-9-17-10-8-15(18)14(12-17)16-11-13-6-4-3-5-7-13/h3-7,14-16,18H,2,8-12H2,1H3/t14-,15-/m1/s1. The molecule has 0 aliphatic carbocycles. The van der Waals surface area contributed by atoms with Gasteiger partial charge in [0.15, 0.2) is 0 Å². The highest BCUT2D eigenvalue weighted by molar-refractivity contribution is 5.14. The molecule has 0 radical (unpaired) electrons. The van der Waals surface area contributed by atoms with E-state index in [1.807, 2.05) is 6.07 Å². The number of nitrogens with zero attached hydrogens (tertiary/aromatic N) is 1. The van der Waals surface area contributed by atoms with Crippen molar-refractivity contribution in [3.05, 3.63) is 35.9 Å². The average Bonchev–Trinajstić information content (AvgIpc) is 2.41. The van der Waals surface area contributed by atoms with Crippen LogP contribution < -0.4 is 5.32 Å². The van der Waals surface area contributed by atoms with Crippen LogP contribution in [0.15, 0.2) is 30.3 Å². The zero-order valence-corrected chi connectivity index (χ0v) is 11.2. The first-order valence-corrected chi connectivity index (χ1v) is 6.97. The smallest absolute Gasteiger partial charge is 0.0718 e. The molecule has 0 spiro atoms. The van der Waals surface area contributed by atoms with Gasteiger partial charge in [0.2, 0.25) is 0 Å². The maximum atomic E-state index is 10.0. The number of hydrogen-bond donors (Lipinski definition) is 2. The Kier molecular flexibility index (Phi) is 5.17. The second-order valence-electron chi connectivity index (χ2n) is 5.13. The van der Waals surface area contributed by atoms with Crippen LogP contribution >= 0.6 is 0 Å². The summed E-state index contributed by atoms with van der Waals surface area (Å²) < 4.78 is 0. The molecule has 18 heavy (non-hydrogen) atoms. The number of nitrogens with one attached hydrogen (secondary N) is 1. The van der Waals surface area contributed by atoms with E-state index in [0.717, 1.165) is 32.6 Å². The van der Waals surface area contributed by atoms with Gasteiger partial charge in [0.1, 0.15) is 0 Å². The van der Waals surface area contributed by atoms with Crippen molar-refractivity contribution < 1.29 is 5.11 Å². The number of piperidine rings is 1. The van der Waals surface area contributed by atoms with Crippen molar-refractivity contribution in [2.75, 3.05) is 19.6 Å². The van der Waals surface area contributed by atoms with Crippen molar-refractivity contribution in [1.29, 1.82) is 0 Å². The summed E-state index contributed by atoms with van der Waals surface area (Å²) >= 11 is 0. The van der Waals surface area contributed by atoms with Gasteiger partial charge < -0.3 is 15.3 Å². The van der Waals surface area contributed by atoms with Gasteiger partial charge in [0.25, 0.3) is 0 Å². The molecule has 0 aromatic heterocycles. The van der Waals surface area contributed by atoms with E-state index in [0.29, 0.717) is 0 Å². The van der Waals surface area contributed by atoms with Crippen LogP contribution in [0.4, 0.5) is 0 Å². The molecule has 1 fully saturated rings. The molecular weight excluding hydrogens is 224 g/mol. The lowest BCUT2D eigenvalue weighted by Crippen LogP contribution is -2.53. The SMILES string of the molecule is CCCN1CC[C@@H](O)[C@H](NCc2ccccc2)C1. The summed E-state index contributed by atoms with van der Waals surface area (Å²) in [7, 11) is 0. The zero-order valence-electron chi connectivity index (χ0n) is 11.2. The van der Waals surface area contributed by atoms with E-state index in [9.17, 15) is 5.11 Å². The van der Waals surface area contributed by atoms with Gasteiger partial charge in [0.05, 0.1) is 6.10 Å². The molecular formula is C15H24N2O. The minimum atomic E-state index is -0.207. The second-order valence-corrected chi connectivity index (χ2v) is 5.13. The fourth-order valence-corrected chi connectivity index (χ4v) is 2.57. The maximum Gasteiger partial charge on any atom is 0.0718 e. The Balaban J connectivity index is 1.83. The predicted octanol–water partition coefficient (Wildman–Crippen LogP) is 1.62. The molecule has 0 bridgehead atoms. The zero-order chi connectivity index (χ0) is 12.8. The number of hydrogen-bond acceptors (Lipinski definition) is 3. The Morgan fingerprint density at radius 1 is 1.33 bits per heavy atom. The molecule has 2 rings (SSSR count). The molecule has 1 aliphatic heterocycles. The van der Waals surface area contributed by atoms with Crippen molar-refractivity contribution in [3.8, 4) is 0 Å². The second kappa shape index (κ2) is 6.88. The fraction of sp³-hybridized carbons (Fsp3) is 0.600. The van der Waals surface area contributed by atoms with Gasteiger partial charge >= 0.3 is 0 Å². The van der Waals surface area contributed by atoms with Gasteiger partial charge in [-0.1, -0.05) is 37.3 Å². The number of likely N-dealkylation sites (tertiary alicyclic amines) is 1. The Labute approximate surface area is 110 Å². The molecule has 1 aromatic rings. The minimum Gasteiger partial charge on any atom is -0.391 e. The first-order valence-electron chi connectivity index (χ1n) is 6.97. The van der Waals surface area contributed by atoms with Crippen LogP contribution in [0, 0.1) is 0 Å². The maximum absolute atomic E-state index is 10.0. The van der Waals surface area contributed by atoms with Crippen LogP contribution in [0.25, 0.3) is 0 Å². The third-order valence-corrected chi connectivity index (χ3v) is 3.61. The molecule has 0 unspecified atom stereocenters. The summed E-state index contributed by atoms with van der Waals surface area (Å²) in [5.74, 6) is 0. The number of aliphatic hydroxyl groups excluding tert-OH is 1. The molecule has 0 amide bonds. The third kappa shape index (κ3) is 3.80. The van der Waals surface area contributed by atoms with Gasteiger partial charge in [-0.3, -0.25) is 0 Å². The van der Waals surface area contributed by atoms with E-state index < -0.39 is 0 Å². The Bertz CT molecular complexity index is 342. The molecule has 3 heteroatoms. The molecule has 100 valence electrons. The normalized spacial score (nSPS) is 25.2. The van der Waals surface area contributed by atoms with Crippen molar-refractivity contribution in [2.24, 2.45) is 0 Å².